The molecule has 1 amide bonds. The highest BCUT2D eigenvalue weighted by molar-refractivity contribution is 6.01. The van der Waals surface area contributed by atoms with E-state index < -0.39 is 11.3 Å². The highest BCUT2D eigenvalue weighted by atomic mass is 16.2. The lowest BCUT2D eigenvalue weighted by molar-refractivity contribution is -0.126. The second kappa shape index (κ2) is 7.67. The number of aryl methyl sites for hydroxylation is 1. The Hall–Kier alpha value is -2.42. The summed E-state index contributed by atoms with van der Waals surface area (Å²) in [7, 11) is 0. The number of ketones is 1. The lowest BCUT2D eigenvalue weighted by Gasteiger charge is -2.28. The third kappa shape index (κ3) is 5.29. The maximum atomic E-state index is 13.4. The fourth-order valence-corrected chi connectivity index (χ4v) is 3.08. The maximum absolute atomic E-state index is 13.4. The van der Waals surface area contributed by atoms with E-state index in [4.69, 9.17) is 0 Å². The molecule has 0 saturated carbocycles. The standard InChI is InChI=1S/C24H31NO2/c1-16-13-14-18(19(15-16)22(27)25-24(5,6)7)20(21(26)23(2,3)4)17-11-9-8-10-12-17/h8-15,20H,1-7H3,(H,25,27). The number of carbonyl (C=O) groups excluding carboxylic acids is 2. The first-order valence-electron chi connectivity index (χ1n) is 9.42. The summed E-state index contributed by atoms with van der Waals surface area (Å²) in [5, 5.41) is 3.04. The predicted octanol–water partition coefficient (Wildman–Crippen LogP) is 5.27. The van der Waals surface area contributed by atoms with Crippen molar-refractivity contribution in [2.45, 2.75) is 59.9 Å². The van der Waals surface area contributed by atoms with Crippen molar-refractivity contribution in [3.8, 4) is 0 Å². The molecule has 1 atom stereocenters. The van der Waals surface area contributed by atoms with Gasteiger partial charge < -0.3 is 5.32 Å². The lowest BCUT2D eigenvalue weighted by Crippen LogP contribution is -2.41. The van der Waals surface area contributed by atoms with Gasteiger partial charge in [0.25, 0.3) is 5.91 Å². The molecule has 3 nitrogen and oxygen atoms in total. The molecule has 0 aromatic heterocycles. The van der Waals surface area contributed by atoms with Crippen molar-refractivity contribution in [3.05, 3.63) is 70.8 Å². The van der Waals surface area contributed by atoms with E-state index in [0.717, 1.165) is 16.7 Å². The van der Waals surface area contributed by atoms with Crippen molar-refractivity contribution in [1.82, 2.24) is 5.32 Å². The highest BCUT2D eigenvalue weighted by Crippen LogP contribution is 2.35. The summed E-state index contributed by atoms with van der Waals surface area (Å²) < 4.78 is 0. The Labute approximate surface area is 163 Å². The second-order valence-electron chi connectivity index (χ2n) is 9.25. The lowest BCUT2D eigenvalue weighted by atomic mass is 9.75. The van der Waals surface area contributed by atoms with Crippen LogP contribution in [0.15, 0.2) is 48.5 Å². The first kappa shape index (κ1) is 20.9. The van der Waals surface area contributed by atoms with Crippen molar-refractivity contribution < 1.29 is 9.59 Å². The zero-order valence-electron chi connectivity index (χ0n) is 17.5. The molecule has 0 saturated heterocycles. The predicted molar refractivity (Wildman–Crippen MR) is 111 cm³/mol. The molecule has 0 radical (unpaired) electrons. The van der Waals surface area contributed by atoms with Gasteiger partial charge >= 0.3 is 0 Å². The maximum Gasteiger partial charge on any atom is 0.252 e. The van der Waals surface area contributed by atoms with Gasteiger partial charge in [-0.15, -0.1) is 0 Å². The number of rotatable bonds is 4. The molecule has 0 fully saturated rings. The van der Waals surface area contributed by atoms with Crippen LogP contribution in [0.5, 0.6) is 0 Å². The van der Waals surface area contributed by atoms with Crippen LogP contribution in [-0.4, -0.2) is 17.2 Å². The quantitative estimate of drug-likeness (QED) is 0.802. The minimum absolute atomic E-state index is 0.0994. The summed E-state index contributed by atoms with van der Waals surface area (Å²) in [5.41, 5.74) is 2.35. The summed E-state index contributed by atoms with van der Waals surface area (Å²) >= 11 is 0. The summed E-state index contributed by atoms with van der Waals surface area (Å²) in [4.78, 5) is 26.4. The number of benzene rings is 2. The van der Waals surface area contributed by atoms with Crippen LogP contribution < -0.4 is 5.32 Å². The average Bonchev–Trinajstić information content (AvgIpc) is 2.54. The van der Waals surface area contributed by atoms with Crippen LogP contribution in [-0.2, 0) is 4.79 Å². The number of Topliss-reactive ketones (excluding diaryl/α,β-unsaturated/α-hetero) is 1. The minimum Gasteiger partial charge on any atom is -0.347 e. The Morgan fingerprint density at radius 2 is 1.48 bits per heavy atom. The molecule has 0 aliphatic carbocycles. The highest BCUT2D eigenvalue weighted by Gasteiger charge is 2.34. The van der Waals surface area contributed by atoms with E-state index >= 15 is 0 Å². The van der Waals surface area contributed by atoms with Crippen molar-refractivity contribution >= 4 is 11.7 Å². The summed E-state index contributed by atoms with van der Waals surface area (Å²) in [6.07, 6.45) is 0. The molecule has 0 aliphatic heterocycles. The van der Waals surface area contributed by atoms with Gasteiger partial charge in [0, 0.05) is 16.5 Å². The van der Waals surface area contributed by atoms with E-state index in [0.29, 0.717) is 5.56 Å². The molecule has 3 heteroatoms. The van der Waals surface area contributed by atoms with Crippen LogP contribution in [0.25, 0.3) is 0 Å². The number of amides is 1. The molecule has 0 aliphatic rings. The minimum atomic E-state index is -0.525. The van der Waals surface area contributed by atoms with Gasteiger partial charge in [0.15, 0.2) is 0 Å². The van der Waals surface area contributed by atoms with Gasteiger partial charge in [0.1, 0.15) is 5.78 Å². The van der Waals surface area contributed by atoms with Crippen molar-refractivity contribution in [1.29, 1.82) is 0 Å². The zero-order valence-corrected chi connectivity index (χ0v) is 17.5. The topological polar surface area (TPSA) is 46.2 Å². The summed E-state index contributed by atoms with van der Waals surface area (Å²) in [5.74, 6) is -0.529. The monoisotopic (exact) mass is 365 g/mol. The van der Waals surface area contributed by atoms with E-state index in [1.165, 1.54) is 0 Å². The van der Waals surface area contributed by atoms with Crippen molar-refractivity contribution in [2.75, 3.05) is 0 Å². The van der Waals surface area contributed by atoms with Crippen LogP contribution in [0.3, 0.4) is 0 Å². The Kier molecular flexibility index (Phi) is 5.94. The molecule has 2 aromatic rings. The Balaban J connectivity index is 2.66. The normalized spacial score (nSPS) is 13.1. The Morgan fingerprint density at radius 3 is 2.00 bits per heavy atom. The number of nitrogens with one attached hydrogen (secondary N) is 1. The molecule has 0 spiro atoms. The van der Waals surface area contributed by atoms with Gasteiger partial charge in [0.05, 0.1) is 5.92 Å². The molecular weight excluding hydrogens is 334 g/mol. The zero-order chi connectivity index (χ0) is 20.4. The number of carbonyl (C=O) groups is 2. The van der Waals surface area contributed by atoms with Crippen molar-refractivity contribution in [2.24, 2.45) is 5.41 Å². The van der Waals surface area contributed by atoms with E-state index in [-0.39, 0.29) is 17.2 Å². The van der Waals surface area contributed by atoms with Gasteiger partial charge in [0.2, 0.25) is 0 Å². The summed E-state index contributed by atoms with van der Waals surface area (Å²) in [6.45, 7) is 13.6. The van der Waals surface area contributed by atoms with Gasteiger partial charge in [-0.25, -0.2) is 0 Å². The van der Waals surface area contributed by atoms with Gasteiger partial charge in [-0.05, 0) is 44.9 Å². The van der Waals surface area contributed by atoms with Crippen LogP contribution >= 0.6 is 0 Å². The third-order valence-corrected chi connectivity index (χ3v) is 4.39. The molecule has 0 heterocycles. The molecule has 1 unspecified atom stereocenters. The summed E-state index contributed by atoms with van der Waals surface area (Å²) in [6, 6.07) is 15.5. The number of hydrogen-bond donors (Lipinski definition) is 1. The van der Waals surface area contributed by atoms with Crippen LogP contribution in [0.2, 0.25) is 0 Å². The van der Waals surface area contributed by atoms with E-state index in [1.807, 2.05) is 97.0 Å². The smallest absolute Gasteiger partial charge is 0.252 e. The average molecular weight is 366 g/mol. The van der Waals surface area contributed by atoms with Gasteiger partial charge in [-0.1, -0.05) is 68.8 Å². The molecule has 2 aromatic carbocycles. The Bertz CT molecular complexity index is 824. The first-order chi connectivity index (χ1) is 12.4. The van der Waals surface area contributed by atoms with E-state index in [9.17, 15) is 9.59 Å². The molecule has 0 bridgehead atoms. The molecular formula is C24H31NO2. The van der Waals surface area contributed by atoms with Crippen LogP contribution in [0, 0.1) is 12.3 Å². The van der Waals surface area contributed by atoms with Crippen LogP contribution in [0.1, 0.15) is 74.5 Å². The number of hydrogen-bond acceptors (Lipinski definition) is 2. The third-order valence-electron chi connectivity index (χ3n) is 4.39. The fourth-order valence-electron chi connectivity index (χ4n) is 3.08. The van der Waals surface area contributed by atoms with Gasteiger partial charge in [-0.3, -0.25) is 9.59 Å². The SMILES string of the molecule is Cc1ccc(C(C(=O)C(C)(C)C)c2ccccc2)c(C(=O)NC(C)(C)C)c1. The van der Waals surface area contributed by atoms with E-state index in [1.54, 1.807) is 0 Å². The molecule has 2 rings (SSSR count). The Morgan fingerprint density at radius 1 is 0.889 bits per heavy atom. The molecule has 144 valence electrons. The van der Waals surface area contributed by atoms with Crippen molar-refractivity contribution in [3.63, 3.8) is 0 Å². The van der Waals surface area contributed by atoms with Gasteiger partial charge in [-0.2, -0.15) is 0 Å². The van der Waals surface area contributed by atoms with E-state index in [2.05, 4.69) is 5.32 Å². The molecule has 1 N–H and O–H groups in total. The first-order valence-corrected chi connectivity index (χ1v) is 9.42. The van der Waals surface area contributed by atoms with Crippen LogP contribution in [0.4, 0.5) is 0 Å². The largest absolute Gasteiger partial charge is 0.347 e. The fraction of sp³-hybridized carbons (Fsp3) is 0.417. The molecule has 27 heavy (non-hydrogen) atoms. The second-order valence-corrected chi connectivity index (χ2v) is 9.25.